The Labute approximate surface area is 107 Å². The Morgan fingerprint density at radius 2 is 1.84 bits per heavy atom. The van der Waals surface area contributed by atoms with Crippen LogP contribution < -0.4 is 0 Å². The molecule has 1 unspecified atom stereocenters. The summed E-state index contributed by atoms with van der Waals surface area (Å²) in [4.78, 5) is 21.9. The molecule has 0 spiro atoms. The van der Waals surface area contributed by atoms with Crippen molar-refractivity contribution in [2.24, 2.45) is 0 Å². The molecule has 0 saturated heterocycles. The fraction of sp³-hybridized carbons (Fsp3) is 0.636. The van der Waals surface area contributed by atoms with Crippen LogP contribution in [-0.2, 0) is 19.1 Å². The van der Waals surface area contributed by atoms with Crippen LogP contribution >= 0.6 is 0 Å². The van der Waals surface area contributed by atoms with E-state index in [4.69, 9.17) is 4.74 Å². The van der Waals surface area contributed by atoms with Crippen LogP contribution in [0.4, 0.5) is 17.6 Å². The molecule has 8 heteroatoms. The summed E-state index contributed by atoms with van der Waals surface area (Å²) in [5.41, 5.74) is 0.0719. The van der Waals surface area contributed by atoms with Crippen LogP contribution in [0.2, 0.25) is 0 Å². The van der Waals surface area contributed by atoms with Crippen LogP contribution in [0.3, 0.4) is 0 Å². The van der Waals surface area contributed by atoms with Gasteiger partial charge in [-0.15, -0.1) is 0 Å². The summed E-state index contributed by atoms with van der Waals surface area (Å²) >= 11 is 0. The first kappa shape index (κ1) is 17.4. The zero-order valence-corrected chi connectivity index (χ0v) is 10.4. The van der Waals surface area contributed by atoms with E-state index in [1.807, 2.05) is 0 Å². The molecule has 0 bridgehead atoms. The molecular weight excluding hydrogens is 272 g/mol. The minimum absolute atomic E-state index is 0.0719. The SMILES string of the molecule is C=C(C)C(=O)OC(CC)COC(=O)C(F)(F)C(F)F. The molecule has 0 aliphatic rings. The predicted octanol–water partition coefficient (Wildman–Crippen LogP) is 2.33. The molecule has 0 aliphatic heterocycles. The van der Waals surface area contributed by atoms with Crippen molar-refractivity contribution in [2.45, 2.75) is 38.7 Å². The van der Waals surface area contributed by atoms with E-state index in [9.17, 15) is 27.2 Å². The number of rotatable bonds is 7. The second kappa shape index (κ2) is 7.10. The van der Waals surface area contributed by atoms with Crippen molar-refractivity contribution >= 4 is 11.9 Å². The van der Waals surface area contributed by atoms with Crippen molar-refractivity contribution in [3.8, 4) is 0 Å². The fourth-order valence-electron chi connectivity index (χ4n) is 0.841. The first-order chi connectivity index (χ1) is 8.62. The van der Waals surface area contributed by atoms with Crippen molar-refractivity contribution in [1.82, 2.24) is 0 Å². The quantitative estimate of drug-likeness (QED) is 0.409. The Hall–Kier alpha value is -1.60. The van der Waals surface area contributed by atoms with Crippen LogP contribution in [0.1, 0.15) is 20.3 Å². The summed E-state index contributed by atoms with van der Waals surface area (Å²) in [7, 11) is 0. The number of hydrogen-bond acceptors (Lipinski definition) is 4. The monoisotopic (exact) mass is 286 g/mol. The highest BCUT2D eigenvalue weighted by atomic mass is 19.3. The number of esters is 2. The van der Waals surface area contributed by atoms with E-state index in [0.717, 1.165) is 0 Å². The van der Waals surface area contributed by atoms with Crippen LogP contribution in [0.25, 0.3) is 0 Å². The highest BCUT2D eigenvalue weighted by molar-refractivity contribution is 5.87. The molecule has 0 N–H and O–H groups in total. The lowest BCUT2D eigenvalue weighted by molar-refractivity contribution is -0.197. The highest BCUT2D eigenvalue weighted by Gasteiger charge is 2.50. The largest absolute Gasteiger partial charge is 0.457 e. The zero-order chi connectivity index (χ0) is 15.2. The third-order valence-electron chi connectivity index (χ3n) is 2.02. The summed E-state index contributed by atoms with van der Waals surface area (Å²) in [6, 6.07) is 0. The second-order valence-corrected chi connectivity index (χ2v) is 3.74. The van der Waals surface area contributed by atoms with Crippen LogP contribution in [0.15, 0.2) is 12.2 Å². The number of alkyl halides is 4. The molecular formula is C11H14F4O4. The molecule has 0 aromatic rings. The Balaban J connectivity index is 4.40. The van der Waals surface area contributed by atoms with E-state index < -0.39 is 37.0 Å². The molecule has 4 nitrogen and oxygen atoms in total. The Morgan fingerprint density at radius 1 is 1.32 bits per heavy atom. The minimum atomic E-state index is -4.88. The van der Waals surface area contributed by atoms with Gasteiger partial charge >= 0.3 is 24.3 Å². The summed E-state index contributed by atoms with van der Waals surface area (Å²) in [5.74, 6) is -8.02. The van der Waals surface area contributed by atoms with E-state index >= 15 is 0 Å². The van der Waals surface area contributed by atoms with Crippen LogP contribution in [0, 0.1) is 0 Å². The van der Waals surface area contributed by atoms with E-state index in [-0.39, 0.29) is 12.0 Å². The third-order valence-corrected chi connectivity index (χ3v) is 2.02. The number of carbonyl (C=O) groups excluding carboxylic acids is 2. The average molecular weight is 286 g/mol. The molecule has 0 rings (SSSR count). The summed E-state index contributed by atoms with van der Waals surface area (Å²) in [6.07, 6.45) is -4.99. The summed E-state index contributed by atoms with van der Waals surface area (Å²) in [6.45, 7) is 5.48. The molecule has 1 atom stereocenters. The summed E-state index contributed by atoms with van der Waals surface area (Å²) < 4.78 is 57.5. The van der Waals surface area contributed by atoms with E-state index in [1.54, 1.807) is 0 Å². The number of carbonyl (C=O) groups is 2. The van der Waals surface area contributed by atoms with Crippen molar-refractivity contribution in [1.29, 1.82) is 0 Å². The Kier molecular flexibility index (Phi) is 6.51. The minimum Gasteiger partial charge on any atom is -0.457 e. The normalized spacial score (nSPS) is 13.0. The number of halogens is 4. The van der Waals surface area contributed by atoms with Gasteiger partial charge in [0.1, 0.15) is 12.7 Å². The van der Waals surface area contributed by atoms with Gasteiger partial charge in [0.25, 0.3) is 0 Å². The molecule has 19 heavy (non-hydrogen) atoms. The maximum atomic E-state index is 12.5. The molecule has 0 aromatic heterocycles. The van der Waals surface area contributed by atoms with Crippen molar-refractivity contribution in [3.63, 3.8) is 0 Å². The smallest absolute Gasteiger partial charge is 0.401 e. The van der Waals surface area contributed by atoms with Gasteiger partial charge in [-0.2, -0.15) is 8.78 Å². The van der Waals surface area contributed by atoms with Crippen molar-refractivity contribution < 1.29 is 36.6 Å². The fourth-order valence-corrected chi connectivity index (χ4v) is 0.841. The van der Waals surface area contributed by atoms with Gasteiger partial charge in [-0.25, -0.2) is 18.4 Å². The lowest BCUT2D eigenvalue weighted by atomic mass is 10.3. The lowest BCUT2D eigenvalue weighted by Gasteiger charge is -2.18. The topological polar surface area (TPSA) is 52.6 Å². The maximum absolute atomic E-state index is 12.5. The molecule has 0 aromatic carbocycles. The van der Waals surface area contributed by atoms with Gasteiger partial charge < -0.3 is 9.47 Å². The van der Waals surface area contributed by atoms with E-state index in [2.05, 4.69) is 11.3 Å². The maximum Gasteiger partial charge on any atom is 0.401 e. The van der Waals surface area contributed by atoms with Crippen molar-refractivity contribution in [2.75, 3.05) is 6.61 Å². The van der Waals surface area contributed by atoms with Crippen LogP contribution in [-0.4, -0.2) is 37.0 Å². The van der Waals surface area contributed by atoms with Gasteiger partial charge in [0, 0.05) is 5.57 Å². The highest BCUT2D eigenvalue weighted by Crippen LogP contribution is 2.24. The first-order valence-corrected chi connectivity index (χ1v) is 5.32. The lowest BCUT2D eigenvalue weighted by Crippen LogP contribution is -2.39. The number of hydrogen-bond donors (Lipinski definition) is 0. The molecule has 0 radical (unpaired) electrons. The summed E-state index contributed by atoms with van der Waals surface area (Å²) in [5, 5.41) is 0. The van der Waals surface area contributed by atoms with Gasteiger partial charge in [-0.1, -0.05) is 13.5 Å². The van der Waals surface area contributed by atoms with Gasteiger partial charge in [0.15, 0.2) is 0 Å². The molecule has 0 amide bonds. The van der Waals surface area contributed by atoms with Gasteiger partial charge in [0.2, 0.25) is 0 Å². The van der Waals surface area contributed by atoms with E-state index in [1.165, 1.54) is 13.8 Å². The molecule has 0 heterocycles. The van der Waals surface area contributed by atoms with Crippen molar-refractivity contribution in [3.05, 3.63) is 12.2 Å². The van der Waals surface area contributed by atoms with Gasteiger partial charge in [-0.3, -0.25) is 0 Å². The second-order valence-electron chi connectivity index (χ2n) is 3.74. The molecule has 110 valence electrons. The number of ether oxygens (including phenoxy) is 2. The third kappa shape index (κ3) is 5.27. The van der Waals surface area contributed by atoms with Gasteiger partial charge in [0.05, 0.1) is 0 Å². The predicted molar refractivity (Wildman–Crippen MR) is 56.9 cm³/mol. The van der Waals surface area contributed by atoms with Crippen LogP contribution in [0.5, 0.6) is 0 Å². The standard InChI is InChI=1S/C11H14F4O4/c1-4-7(19-8(16)6(2)3)5-18-10(17)11(14,15)9(12)13/h7,9H,2,4-5H2,1,3H3. The molecule has 0 aliphatic carbocycles. The van der Waals surface area contributed by atoms with Gasteiger partial charge in [-0.05, 0) is 13.3 Å². The zero-order valence-electron chi connectivity index (χ0n) is 10.4. The molecule has 0 saturated carbocycles. The first-order valence-electron chi connectivity index (χ1n) is 5.32. The average Bonchev–Trinajstić information content (AvgIpc) is 2.32. The Morgan fingerprint density at radius 3 is 2.21 bits per heavy atom. The Bertz CT molecular complexity index is 355. The van der Waals surface area contributed by atoms with E-state index in [0.29, 0.717) is 0 Å². The molecule has 0 fully saturated rings.